The molecular formula is C17H22O2. The molecule has 2 heteroatoms. The molecule has 1 aliphatic heterocycles. The van der Waals surface area contributed by atoms with Crippen molar-refractivity contribution in [1.29, 1.82) is 0 Å². The maximum absolute atomic E-state index is 12.6. The molecule has 102 valence electrons. The molecule has 1 heterocycles. The van der Waals surface area contributed by atoms with E-state index >= 15 is 0 Å². The van der Waals surface area contributed by atoms with Crippen LogP contribution in [0.1, 0.15) is 44.1 Å². The number of ether oxygens (including phenoxy) is 1. The predicted molar refractivity (Wildman–Crippen MR) is 75.3 cm³/mol. The lowest BCUT2D eigenvalue weighted by Gasteiger charge is -2.27. The first-order chi connectivity index (χ1) is 9.34. The number of hydrogen-bond donors (Lipinski definition) is 0. The summed E-state index contributed by atoms with van der Waals surface area (Å²) in [5.41, 5.74) is 1.20. The summed E-state index contributed by atoms with van der Waals surface area (Å²) >= 11 is 0. The summed E-state index contributed by atoms with van der Waals surface area (Å²) in [6.07, 6.45) is 8.10. The molecule has 19 heavy (non-hydrogen) atoms. The Bertz CT molecular complexity index is 444. The summed E-state index contributed by atoms with van der Waals surface area (Å²) < 4.78 is 5.76. The number of rotatable bonds is 2. The minimum atomic E-state index is 0.0815. The molecule has 1 unspecified atom stereocenters. The van der Waals surface area contributed by atoms with Crippen LogP contribution in [0.4, 0.5) is 0 Å². The summed E-state index contributed by atoms with van der Waals surface area (Å²) in [7, 11) is 0. The van der Waals surface area contributed by atoms with Crippen molar-refractivity contribution >= 4 is 5.78 Å². The van der Waals surface area contributed by atoms with E-state index in [0.717, 1.165) is 25.0 Å². The van der Waals surface area contributed by atoms with Gasteiger partial charge in [-0.1, -0.05) is 43.9 Å². The number of carbonyl (C=O) groups is 1. The van der Waals surface area contributed by atoms with Crippen LogP contribution in [-0.2, 0) is 11.2 Å². The van der Waals surface area contributed by atoms with Gasteiger partial charge in [-0.15, -0.1) is 0 Å². The van der Waals surface area contributed by atoms with E-state index in [9.17, 15) is 4.79 Å². The van der Waals surface area contributed by atoms with Crippen molar-refractivity contribution in [3.63, 3.8) is 0 Å². The molecule has 0 bridgehead atoms. The maximum atomic E-state index is 12.6. The van der Waals surface area contributed by atoms with Crippen LogP contribution in [0.3, 0.4) is 0 Å². The van der Waals surface area contributed by atoms with Gasteiger partial charge in [0.1, 0.15) is 11.5 Å². The molecule has 1 aliphatic carbocycles. The summed E-state index contributed by atoms with van der Waals surface area (Å²) in [6.45, 7) is 0.576. The Labute approximate surface area is 115 Å². The molecule has 2 nitrogen and oxygen atoms in total. The Balaban J connectivity index is 1.68. The summed E-state index contributed by atoms with van der Waals surface area (Å²) in [4.78, 5) is 12.6. The van der Waals surface area contributed by atoms with Crippen molar-refractivity contribution in [3.05, 3.63) is 29.8 Å². The number of benzene rings is 1. The molecule has 2 aliphatic rings. The van der Waals surface area contributed by atoms with Gasteiger partial charge in [-0.2, -0.15) is 0 Å². The predicted octanol–water partition coefficient (Wildman–Crippen LogP) is 3.78. The highest BCUT2D eigenvalue weighted by Gasteiger charge is 2.31. The molecule has 0 saturated heterocycles. The van der Waals surface area contributed by atoms with E-state index in [1.54, 1.807) is 0 Å². The van der Waals surface area contributed by atoms with Crippen LogP contribution in [0.2, 0.25) is 0 Å². The first-order valence-corrected chi connectivity index (χ1v) is 7.59. The summed E-state index contributed by atoms with van der Waals surface area (Å²) in [5.74, 6) is 1.79. The molecule has 0 aromatic heterocycles. The van der Waals surface area contributed by atoms with Crippen molar-refractivity contribution < 1.29 is 9.53 Å². The molecule has 1 aromatic carbocycles. The van der Waals surface area contributed by atoms with Crippen molar-refractivity contribution in [2.45, 2.75) is 44.9 Å². The third-order valence-electron chi connectivity index (χ3n) is 4.54. The van der Waals surface area contributed by atoms with Gasteiger partial charge in [-0.05, 0) is 30.9 Å². The van der Waals surface area contributed by atoms with Crippen molar-refractivity contribution in [3.8, 4) is 5.75 Å². The van der Waals surface area contributed by atoms with Crippen molar-refractivity contribution in [1.82, 2.24) is 0 Å². The molecule has 0 radical (unpaired) electrons. The van der Waals surface area contributed by atoms with Crippen LogP contribution in [0.15, 0.2) is 24.3 Å². The Morgan fingerprint density at radius 1 is 1.00 bits per heavy atom. The second-order valence-corrected chi connectivity index (χ2v) is 5.91. The van der Waals surface area contributed by atoms with Gasteiger partial charge in [0.15, 0.2) is 0 Å². The van der Waals surface area contributed by atoms with E-state index in [1.807, 2.05) is 18.2 Å². The van der Waals surface area contributed by atoms with E-state index in [0.29, 0.717) is 18.3 Å². The third-order valence-corrected chi connectivity index (χ3v) is 4.54. The van der Waals surface area contributed by atoms with Crippen molar-refractivity contribution in [2.24, 2.45) is 11.8 Å². The molecule has 0 N–H and O–H groups in total. The van der Waals surface area contributed by atoms with Gasteiger partial charge in [0.05, 0.1) is 12.5 Å². The van der Waals surface area contributed by atoms with E-state index < -0.39 is 0 Å². The first kappa shape index (κ1) is 12.7. The highest BCUT2D eigenvalue weighted by atomic mass is 16.5. The SMILES string of the molecule is O=C(C1CCCCCC1)C1COc2ccccc2C1. The van der Waals surface area contributed by atoms with Gasteiger partial charge in [0.2, 0.25) is 0 Å². The second kappa shape index (κ2) is 5.77. The topological polar surface area (TPSA) is 26.3 Å². The van der Waals surface area contributed by atoms with Crippen LogP contribution in [-0.4, -0.2) is 12.4 Å². The number of Topliss-reactive ketones (excluding diaryl/α,β-unsaturated/α-hetero) is 1. The Hall–Kier alpha value is -1.31. The lowest BCUT2D eigenvalue weighted by Crippen LogP contribution is -2.32. The van der Waals surface area contributed by atoms with E-state index in [4.69, 9.17) is 4.74 Å². The Kier molecular flexibility index (Phi) is 3.86. The van der Waals surface area contributed by atoms with Gasteiger partial charge in [-0.3, -0.25) is 4.79 Å². The average Bonchev–Trinajstić information content (AvgIpc) is 2.75. The fourth-order valence-corrected chi connectivity index (χ4v) is 3.41. The molecule has 1 fully saturated rings. The Morgan fingerprint density at radius 2 is 1.74 bits per heavy atom. The normalized spacial score (nSPS) is 24.1. The standard InChI is InChI=1S/C17H22O2/c18-17(13-7-3-1-2-4-8-13)15-11-14-9-5-6-10-16(14)19-12-15/h5-6,9-10,13,15H,1-4,7-8,11-12H2. The molecule has 0 spiro atoms. The quantitative estimate of drug-likeness (QED) is 0.755. The average molecular weight is 258 g/mol. The molecule has 1 atom stereocenters. The highest BCUT2D eigenvalue weighted by molar-refractivity contribution is 5.84. The number of ketones is 1. The molecule has 1 saturated carbocycles. The smallest absolute Gasteiger partial charge is 0.142 e. The monoisotopic (exact) mass is 258 g/mol. The number of hydrogen-bond acceptors (Lipinski definition) is 2. The third kappa shape index (κ3) is 2.83. The van der Waals surface area contributed by atoms with Crippen LogP contribution >= 0.6 is 0 Å². The van der Waals surface area contributed by atoms with Crippen LogP contribution < -0.4 is 4.74 Å². The zero-order valence-electron chi connectivity index (χ0n) is 11.4. The highest BCUT2D eigenvalue weighted by Crippen LogP contribution is 2.31. The van der Waals surface area contributed by atoms with Crippen LogP contribution in [0.5, 0.6) is 5.75 Å². The van der Waals surface area contributed by atoms with E-state index in [-0.39, 0.29) is 5.92 Å². The zero-order valence-corrected chi connectivity index (χ0v) is 11.4. The van der Waals surface area contributed by atoms with Gasteiger partial charge < -0.3 is 4.74 Å². The van der Waals surface area contributed by atoms with Crippen LogP contribution in [0.25, 0.3) is 0 Å². The summed E-state index contributed by atoms with van der Waals surface area (Å²) in [6, 6.07) is 8.11. The van der Waals surface area contributed by atoms with Gasteiger partial charge in [0, 0.05) is 5.92 Å². The lowest BCUT2D eigenvalue weighted by atomic mass is 9.83. The van der Waals surface area contributed by atoms with E-state index in [2.05, 4.69) is 6.07 Å². The molecule has 3 rings (SSSR count). The number of para-hydroxylation sites is 1. The fourth-order valence-electron chi connectivity index (χ4n) is 3.41. The molecular weight excluding hydrogens is 236 g/mol. The molecule has 0 amide bonds. The zero-order chi connectivity index (χ0) is 13.1. The minimum Gasteiger partial charge on any atom is -0.493 e. The lowest BCUT2D eigenvalue weighted by molar-refractivity contribution is -0.128. The number of fused-ring (bicyclic) bond motifs is 1. The van der Waals surface area contributed by atoms with Gasteiger partial charge in [-0.25, -0.2) is 0 Å². The van der Waals surface area contributed by atoms with E-state index in [1.165, 1.54) is 31.2 Å². The first-order valence-electron chi connectivity index (χ1n) is 7.59. The Morgan fingerprint density at radius 3 is 2.53 bits per heavy atom. The van der Waals surface area contributed by atoms with Crippen molar-refractivity contribution in [2.75, 3.05) is 6.61 Å². The minimum absolute atomic E-state index is 0.0815. The second-order valence-electron chi connectivity index (χ2n) is 5.91. The molecule has 1 aromatic rings. The largest absolute Gasteiger partial charge is 0.493 e. The van der Waals surface area contributed by atoms with Gasteiger partial charge in [0.25, 0.3) is 0 Å². The van der Waals surface area contributed by atoms with Gasteiger partial charge >= 0.3 is 0 Å². The number of carbonyl (C=O) groups excluding carboxylic acids is 1. The van der Waals surface area contributed by atoms with Crippen LogP contribution in [0, 0.1) is 11.8 Å². The maximum Gasteiger partial charge on any atom is 0.142 e. The summed E-state index contributed by atoms with van der Waals surface area (Å²) in [5, 5.41) is 0. The fraction of sp³-hybridized carbons (Fsp3) is 0.588.